The van der Waals surface area contributed by atoms with E-state index < -0.39 is 5.54 Å². The van der Waals surface area contributed by atoms with Gasteiger partial charge in [-0.25, -0.2) is 0 Å². The van der Waals surface area contributed by atoms with E-state index in [0.29, 0.717) is 12.5 Å². The van der Waals surface area contributed by atoms with Crippen molar-refractivity contribution in [1.82, 2.24) is 10.2 Å². The first-order valence-electron chi connectivity index (χ1n) is 7.49. The molecule has 0 aliphatic heterocycles. The lowest BCUT2D eigenvalue weighted by Crippen LogP contribution is -2.58. The Morgan fingerprint density at radius 3 is 2.42 bits per heavy atom. The van der Waals surface area contributed by atoms with Gasteiger partial charge in [0.2, 0.25) is 0 Å². The standard InChI is InChI=1S/C15H32N2O2/c1-7-10-16-15(5,14(18)19-6)12-17(9-3)11-13(4)8-2/h13,16H,7-12H2,1-6H3. The minimum Gasteiger partial charge on any atom is -0.468 e. The van der Waals surface area contributed by atoms with Crippen LogP contribution in [0.25, 0.3) is 0 Å². The van der Waals surface area contributed by atoms with Crippen molar-refractivity contribution in [2.45, 2.75) is 53.0 Å². The normalized spacial score (nSPS) is 16.2. The number of ether oxygens (including phenoxy) is 1. The molecule has 0 spiro atoms. The van der Waals surface area contributed by atoms with E-state index in [1.807, 2.05) is 6.92 Å². The smallest absolute Gasteiger partial charge is 0.327 e. The van der Waals surface area contributed by atoms with Crippen LogP contribution in [0.3, 0.4) is 0 Å². The molecular weight excluding hydrogens is 240 g/mol. The third-order valence-corrected chi connectivity index (χ3v) is 3.65. The van der Waals surface area contributed by atoms with Gasteiger partial charge < -0.3 is 15.0 Å². The molecule has 4 nitrogen and oxygen atoms in total. The molecule has 0 aliphatic rings. The van der Waals surface area contributed by atoms with Crippen molar-refractivity contribution in [3.8, 4) is 0 Å². The summed E-state index contributed by atoms with van der Waals surface area (Å²) in [5.41, 5.74) is -0.617. The number of nitrogens with one attached hydrogen (secondary N) is 1. The molecule has 0 bridgehead atoms. The Bertz CT molecular complexity index is 259. The summed E-state index contributed by atoms with van der Waals surface area (Å²) < 4.78 is 4.96. The second-order valence-electron chi connectivity index (χ2n) is 5.59. The van der Waals surface area contributed by atoms with Crippen LogP contribution < -0.4 is 5.32 Å². The second-order valence-corrected chi connectivity index (χ2v) is 5.59. The van der Waals surface area contributed by atoms with E-state index in [2.05, 4.69) is 37.9 Å². The van der Waals surface area contributed by atoms with Crippen LogP contribution in [0.15, 0.2) is 0 Å². The summed E-state index contributed by atoms with van der Waals surface area (Å²) in [6.45, 7) is 14.1. The van der Waals surface area contributed by atoms with Gasteiger partial charge in [0.15, 0.2) is 0 Å². The van der Waals surface area contributed by atoms with Crippen LogP contribution in [0.4, 0.5) is 0 Å². The molecule has 0 radical (unpaired) electrons. The van der Waals surface area contributed by atoms with E-state index in [1.165, 1.54) is 7.11 Å². The van der Waals surface area contributed by atoms with Gasteiger partial charge >= 0.3 is 5.97 Å². The molecule has 2 unspecified atom stereocenters. The summed E-state index contributed by atoms with van der Waals surface area (Å²) in [6, 6.07) is 0. The number of hydrogen-bond acceptors (Lipinski definition) is 4. The molecule has 0 heterocycles. The number of hydrogen-bond donors (Lipinski definition) is 1. The minimum atomic E-state index is -0.617. The van der Waals surface area contributed by atoms with Crippen LogP contribution in [0.5, 0.6) is 0 Å². The summed E-state index contributed by atoms with van der Waals surface area (Å²) in [7, 11) is 1.46. The Morgan fingerprint density at radius 1 is 1.37 bits per heavy atom. The van der Waals surface area contributed by atoms with Crippen LogP contribution in [0.2, 0.25) is 0 Å². The monoisotopic (exact) mass is 272 g/mol. The number of rotatable bonds is 10. The number of carbonyl (C=O) groups excluding carboxylic acids is 1. The fourth-order valence-corrected chi connectivity index (χ4v) is 2.14. The Balaban J connectivity index is 4.71. The lowest BCUT2D eigenvalue weighted by atomic mass is 10.00. The molecule has 0 saturated heterocycles. The van der Waals surface area contributed by atoms with Gasteiger partial charge in [-0.2, -0.15) is 0 Å². The molecule has 1 N–H and O–H groups in total. The zero-order chi connectivity index (χ0) is 14.9. The lowest BCUT2D eigenvalue weighted by Gasteiger charge is -2.34. The Morgan fingerprint density at radius 2 is 2.00 bits per heavy atom. The number of nitrogens with zero attached hydrogens (tertiary/aromatic N) is 1. The first-order chi connectivity index (χ1) is 8.93. The van der Waals surface area contributed by atoms with E-state index in [9.17, 15) is 4.79 Å². The van der Waals surface area contributed by atoms with E-state index in [1.54, 1.807) is 0 Å². The largest absolute Gasteiger partial charge is 0.468 e. The summed E-state index contributed by atoms with van der Waals surface area (Å²) in [6.07, 6.45) is 2.16. The van der Waals surface area contributed by atoms with Gasteiger partial charge in [-0.1, -0.05) is 34.1 Å². The van der Waals surface area contributed by atoms with Crippen LogP contribution in [0.1, 0.15) is 47.5 Å². The fourth-order valence-electron chi connectivity index (χ4n) is 2.14. The van der Waals surface area contributed by atoms with Crippen molar-refractivity contribution < 1.29 is 9.53 Å². The summed E-state index contributed by atoms with van der Waals surface area (Å²) >= 11 is 0. The first kappa shape index (κ1) is 18.4. The molecule has 0 rings (SSSR count). The average molecular weight is 272 g/mol. The molecule has 0 aliphatic carbocycles. The van der Waals surface area contributed by atoms with Gasteiger partial charge in [0.25, 0.3) is 0 Å². The highest BCUT2D eigenvalue weighted by Crippen LogP contribution is 2.12. The first-order valence-corrected chi connectivity index (χ1v) is 7.49. The van der Waals surface area contributed by atoms with Crippen molar-refractivity contribution >= 4 is 5.97 Å². The van der Waals surface area contributed by atoms with Gasteiger partial charge in [0.05, 0.1) is 7.11 Å². The quantitative estimate of drug-likeness (QED) is 0.620. The topological polar surface area (TPSA) is 41.6 Å². The van der Waals surface area contributed by atoms with Crippen LogP contribution in [-0.2, 0) is 9.53 Å². The predicted molar refractivity (Wildman–Crippen MR) is 80.3 cm³/mol. The number of likely N-dealkylation sites (N-methyl/N-ethyl adjacent to an activating group) is 1. The maximum Gasteiger partial charge on any atom is 0.327 e. The number of carbonyl (C=O) groups is 1. The summed E-state index contributed by atoms with van der Waals surface area (Å²) in [5.74, 6) is 0.469. The minimum absolute atomic E-state index is 0.177. The van der Waals surface area contributed by atoms with Gasteiger partial charge in [0.1, 0.15) is 5.54 Å². The molecule has 0 aromatic heterocycles. The van der Waals surface area contributed by atoms with E-state index in [4.69, 9.17) is 4.74 Å². The highest BCUT2D eigenvalue weighted by atomic mass is 16.5. The van der Waals surface area contributed by atoms with E-state index in [-0.39, 0.29) is 5.97 Å². The zero-order valence-corrected chi connectivity index (χ0v) is 13.6. The van der Waals surface area contributed by atoms with Gasteiger partial charge in [-0.05, 0) is 32.4 Å². The summed E-state index contributed by atoms with van der Waals surface area (Å²) in [4.78, 5) is 14.4. The molecule has 4 heteroatoms. The van der Waals surface area contributed by atoms with Crippen LogP contribution in [0, 0.1) is 5.92 Å². The third-order valence-electron chi connectivity index (χ3n) is 3.65. The molecule has 0 fully saturated rings. The third kappa shape index (κ3) is 6.39. The molecule has 114 valence electrons. The van der Waals surface area contributed by atoms with Crippen molar-refractivity contribution in [2.24, 2.45) is 5.92 Å². The molecular formula is C15H32N2O2. The van der Waals surface area contributed by atoms with Crippen molar-refractivity contribution in [1.29, 1.82) is 0 Å². The molecule has 0 aromatic rings. The highest BCUT2D eigenvalue weighted by molar-refractivity contribution is 5.80. The van der Waals surface area contributed by atoms with Crippen LogP contribution >= 0.6 is 0 Å². The summed E-state index contributed by atoms with van der Waals surface area (Å²) in [5, 5.41) is 3.34. The van der Waals surface area contributed by atoms with Gasteiger partial charge in [0, 0.05) is 13.1 Å². The van der Waals surface area contributed by atoms with Gasteiger partial charge in [-0.3, -0.25) is 4.79 Å². The Labute approximate surface area is 118 Å². The predicted octanol–water partition coefficient (Wildman–Crippen LogP) is 2.29. The van der Waals surface area contributed by atoms with Crippen molar-refractivity contribution in [3.63, 3.8) is 0 Å². The maximum atomic E-state index is 12.0. The van der Waals surface area contributed by atoms with Gasteiger partial charge in [-0.15, -0.1) is 0 Å². The van der Waals surface area contributed by atoms with Crippen molar-refractivity contribution in [2.75, 3.05) is 33.3 Å². The molecule has 19 heavy (non-hydrogen) atoms. The lowest BCUT2D eigenvalue weighted by molar-refractivity contribution is -0.148. The molecule has 0 saturated carbocycles. The van der Waals surface area contributed by atoms with E-state index in [0.717, 1.165) is 32.5 Å². The molecule has 0 amide bonds. The Hall–Kier alpha value is -0.610. The van der Waals surface area contributed by atoms with Crippen molar-refractivity contribution in [3.05, 3.63) is 0 Å². The zero-order valence-electron chi connectivity index (χ0n) is 13.6. The molecule has 0 aromatic carbocycles. The molecule has 2 atom stereocenters. The van der Waals surface area contributed by atoms with E-state index >= 15 is 0 Å². The maximum absolute atomic E-state index is 12.0. The van der Waals surface area contributed by atoms with Crippen LogP contribution in [-0.4, -0.2) is 49.7 Å². The number of esters is 1. The average Bonchev–Trinajstić information content (AvgIpc) is 2.43. The Kier molecular flexibility index (Phi) is 9.02. The number of methoxy groups -OCH3 is 1. The SMILES string of the molecule is CCCNC(C)(CN(CC)CC(C)CC)C(=O)OC. The second kappa shape index (κ2) is 9.32. The fraction of sp³-hybridized carbons (Fsp3) is 0.933. The highest BCUT2D eigenvalue weighted by Gasteiger charge is 2.35.